The summed E-state index contributed by atoms with van der Waals surface area (Å²) in [4.78, 5) is 4.45. The highest BCUT2D eigenvalue weighted by Crippen LogP contribution is 2.25. The maximum absolute atomic E-state index is 9.14. The third kappa shape index (κ3) is 3.39. The summed E-state index contributed by atoms with van der Waals surface area (Å²) in [6, 6.07) is 8.51. The van der Waals surface area contributed by atoms with Crippen LogP contribution in [0.5, 0.6) is 0 Å². The van der Waals surface area contributed by atoms with E-state index in [0.29, 0.717) is 0 Å². The normalized spacial score (nSPS) is 12.6. The lowest BCUT2D eigenvalue weighted by molar-refractivity contribution is 0.282. The molecule has 4 heteroatoms. The highest BCUT2D eigenvalue weighted by molar-refractivity contribution is 7.98. The first-order valence-electron chi connectivity index (χ1n) is 6.47. The van der Waals surface area contributed by atoms with Gasteiger partial charge in [0.25, 0.3) is 0 Å². The average Bonchev–Trinajstić information content (AvgIpc) is 2.40. The maximum atomic E-state index is 9.14. The number of aliphatic hydroxyl groups is 1. The molecule has 0 saturated heterocycles. The van der Waals surface area contributed by atoms with E-state index >= 15 is 0 Å². The fraction of sp³-hybridized carbons (Fsp3) is 0.400. The molecule has 1 atom stereocenters. The Bertz CT molecular complexity index is 539. The molecule has 2 rings (SSSR count). The Morgan fingerprint density at radius 2 is 2.21 bits per heavy atom. The van der Waals surface area contributed by atoms with Crippen LogP contribution >= 0.6 is 11.8 Å². The zero-order valence-electron chi connectivity index (χ0n) is 11.4. The molecule has 1 aromatic heterocycles. The SMILES string of the molecule is CSCC(CCO)Nc1ccnc2c(C)cccc12. The van der Waals surface area contributed by atoms with Crippen LogP contribution in [-0.2, 0) is 0 Å². The average molecular weight is 276 g/mol. The standard InChI is InChI=1S/C15H20N2OS/c1-11-4-3-5-13-14(6-8-16-15(11)13)17-12(7-9-18)10-19-2/h3-6,8,12,18H,7,9-10H2,1-2H3,(H,16,17). The summed E-state index contributed by atoms with van der Waals surface area (Å²) in [5.41, 5.74) is 3.32. The summed E-state index contributed by atoms with van der Waals surface area (Å²) in [5, 5.41) is 13.8. The van der Waals surface area contributed by atoms with Crippen LogP contribution < -0.4 is 5.32 Å². The summed E-state index contributed by atoms with van der Waals surface area (Å²) in [7, 11) is 0. The van der Waals surface area contributed by atoms with Crippen LogP contribution in [0.4, 0.5) is 5.69 Å². The van der Waals surface area contributed by atoms with E-state index in [-0.39, 0.29) is 12.6 Å². The number of aryl methyl sites for hydroxylation is 1. The van der Waals surface area contributed by atoms with Crippen molar-refractivity contribution in [1.82, 2.24) is 4.98 Å². The summed E-state index contributed by atoms with van der Waals surface area (Å²) in [6.07, 6.45) is 4.68. The number of pyridine rings is 1. The Balaban J connectivity index is 2.31. The topological polar surface area (TPSA) is 45.1 Å². The molecular weight excluding hydrogens is 256 g/mol. The molecule has 102 valence electrons. The Hall–Kier alpha value is -1.26. The van der Waals surface area contributed by atoms with E-state index in [2.05, 4.69) is 41.7 Å². The van der Waals surface area contributed by atoms with Gasteiger partial charge in [0.1, 0.15) is 0 Å². The maximum Gasteiger partial charge on any atom is 0.0751 e. The van der Waals surface area contributed by atoms with E-state index in [1.165, 1.54) is 5.56 Å². The van der Waals surface area contributed by atoms with Gasteiger partial charge in [-0.2, -0.15) is 11.8 Å². The number of aliphatic hydroxyl groups excluding tert-OH is 1. The van der Waals surface area contributed by atoms with E-state index < -0.39 is 0 Å². The molecule has 1 heterocycles. The van der Waals surface area contributed by atoms with Gasteiger partial charge in [-0.05, 0) is 31.2 Å². The Morgan fingerprint density at radius 3 is 2.95 bits per heavy atom. The molecule has 0 fully saturated rings. The molecule has 1 aromatic carbocycles. The van der Waals surface area contributed by atoms with E-state index in [0.717, 1.165) is 28.8 Å². The first-order chi connectivity index (χ1) is 9.26. The second-order valence-electron chi connectivity index (χ2n) is 4.64. The monoisotopic (exact) mass is 276 g/mol. The van der Waals surface area contributed by atoms with Gasteiger partial charge in [-0.25, -0.2) is 0 Å². The molecule has 2 aromatic rings. The molecule has 1 unspecified atom stereocenters. The van der Waals surface area contributed by atoms with Crippen LogP contribution in [0.3, 0.4) is 0 Å². The summed E-state index contributed by atoms with van der Waals surface area (Å²) in [6.45, 7) is 2.28. The molecule has 19 heavy (non-hydrogen) atoms. The number of fused-ring (bicyclic) bond motifs is 1. The first-order valence-corrected chi connectivity index (χ1v) is 7.86. The fourth-order valence-electron chi connectivity index (χ4n) is 2.22. The molecule has 0 aliphatic rings. The van der Waals surface area contributed by atoms with E-state index in [1.807, 2.05) is 12.3 Å². The smallest absolute Gasteiger partial charge is 0.0751 e. The molecule has 0 aliphatic heterocycles. The number of hydrogen-bond acceptors (Lipinski definition) is 4. The summed E-state index contributed by atoms with van der Waals surface area (Å²) in [5.74, 6) is 0.982. The van der Waals surface area contributed by atoms with Gasteiger partial charge in [0.15, 0.2) is 0 Å². The van der Waals surface area contributed by atoms with Gasteiger partial charge in [0.2, 0.25) is 0 Å². The number of aromatic nitrogens is 1. The van der Waals surface area contributed by atoms with Gasteiger partial charge in [0, 0.05) is 35.7 Å². The van der Waals surface area contributed by atoms with Crippen molar-refractivity contribution in [3.63, 3.8) is 0 Å². The van der Waals surface area contributed by atoms with Gasteiger partial charge in [-0.3, -0.25) is 4.98 Å². The number of benzene rings is 1. The van der Waals surface area contributed by atoms with Gasteiger partial charge < -0.3 is 10.4 Å². The van der Waals surface area contributed by atoms with Crippen LogP contribution in [0.1, 0.15) is 12.0 Å². The lowest BCUT2D eigenvalue weighted by Crippen LogP contribution is -2.23. The molecule has 3 nitrogen and oxygen atoms in total. The van der Waals surface area contributed by atoms with Crippen molar-refractivity contribution in [3.05, 3.63) is 36.0 Å². The first kappa shape index (κ1) is 14.2. The quantitative estimate of drug-likeness (QED) is 0.851. The van der Waals surface area contributed by atoms with Crippen LogP contribution in [0.15, 0.2) is 30.5 Å². The summed E-state index contributed by atoms with van der Waals surface area (Å²) < 4.78 is 0. The van der Waals surface area contributed by atoms with Crippen molar-refractivity contribution in [2.45, 2.75) is 19.4 Å². The van der Waals surface area contributed by atoms with Crippen molar-refractivity contribution in [3.8, 4) is 0 Å². The summed E-state index contributed by atoms with van der Waals surface area (Å²) >= 11 is 1.79. The number of rotatable bonds is 6. The van der Waals surface area contributed by atoms with E-state index in [4.69, 9.17) is 5.11 Å². The van der Waals surface area contributed by atoms with Gasteiger partial charge in [-0.15, -0.1) is 0 Å². The lowest BCUT2D eigenvalue weighted by Gasteiger charge is -2.19. The Kier molecular flexibility index (Phi) is 5.05. The minimum Gasteiger partial charge on any atom is -0.396 e. The van der Waals surface area contributed by atoms with Gasteiger partial charge in [-0.1, -0.05) is 18.2 Å². The predicted octanol–water partition coefficient (Wildman–Crippen LogP) is 3.07. The van der Waals surface area contributed by atoms with Gasteiger partial charge >= 0.3 is 0 Å². The van der Waals surface area contributed by atoms with E-state index in [1.54, 1.807) is 11.8 Å². The number of thioether (sulfide) groups is 1. The Morgan fingerprint density at radius 1 is 1.37 bits per heavy atom. The second kappa shape index (κ2) is 6.78. The van der Waals surface area contributed by atoms with Crippen molar-refractivity contribution in [2.24, 2.45) is 0 Å². The number of hydrogen-bond donors (Lipinski definition) is 2. The zero-order valence-corrected chi connectivity index (χ0v) is 12.2. The van der Waals surface area contributed by atoms with Crippen LogP contribution in [0.25, 0.3) is 10.9 Å². The van der Waals surface area contributed by atoms with Crippen molar-refractivity contribution in [2.75, 3.05) is 23.9 Å². The third-order valence-electron chi connectivity index (χ3n) is 3.18. The molecule has 0 aliphatic carbocycles. The molecular formula is C15H20N2OS. The van der Waals surface area contributed by atoms with Crippen LogP contribution in [0.2, 0.25) is 0 Å². The number of anilines is 1. The second-order valence-corrected chi connectivity index (χ2v) is 5.55. The minimum atomic E-state index is 0.209. The molecule has 2 N–H and O–H groups in total. The van der Waals surface area contributed by atoms with Crippen LogP contribution in [-0.4, -0.2) is 34.7 Å². The highest BCUT2D eigenvalue weighted by atomic mass is 32.2. The lowest BCUT2D eigenvalue weighted by atomic mass is 10.1. The number of nitrogens with one attached hydrogen (secondary N) is 1. The minimum absolute atomic E-state index is 0.209. The molecule has 0 bridgehead atoms. The highest BCUT2D eigenvalue weighted by Gasteiger charge is 2.10. The van der Waals surface area contributed by atoms with Crippen molar-refractivity contribution >= 4 is 28.4 Å². The molecule has 0 radical (unpaired) electrons. The van der Waals surface area contributed by atoms with Crippen LogP contribution in [0, 0.1) is 6.92 Å². The fourth-order valence-corrected chi connectivity index (χ4v) is 2.88. The molecule has 0 spiro atoms. The molecule has 0 saturated carbocycles. The third-order valence-corrected chi connectivity index (χ3v) is 3.91. The Labute approximate surface area is 118 Å². The van der Waals surface area contributed by atoms with Crippen molar-refractivity contribution in [1.29, 1.82) is 0 Å². The van der Waals surface area contributed by atoms with Crippen molar-refractivity contribution < 1.29 is 5.11 Å². The number of para-hydroxylation sites is 1. The van der Waals surface area contributed by atoms with E-state index in [9.17, 15) is 0 Å². The van der Waals surface area contributed by atoms with Gasteiger partial charge in [0.05, 0.1) is 5.52 Å². The number of nitrogens with zero attached hydrogens (tertiary/aromatic N) is 1. The zero-order chi connectivity index (χ0) is 13.7. The predicted molar refractivity (Wildman–Crippen MR) is 84.0 cm³/mol. The largest absolute Gasteiger partial charge is 0.396 e. The molecule has 0 amide bonds.